The largest absolute Gasteiger partial charge is 0.377 e. The van der Waals surface area contributed by atoms with Crippen molar-refractivity contribution in [2.24, 2.45) is 0 Å². The molecule has 0 amide bonds. The highest BCUT2D eigenvalue weighted by molar-refractivity contribution is 7.89. The number of rotatable bonds is 5. The second kappa shape index (κ2) is 5.13. The zero-order valence-corrected chi connectivity index (χ0v) is 11.6. The number of nitrogens with one attached hydrogen (secondary N) is 1. The molecule has 0 radical (unpaired) electrons. The van der Waals surface area contributed by atoms with Crippen molar-refractivity contribution >= 4 is 21.6 Å². The zero-order valence-electron chi connectivity index (χ0n) is 10.0. The number of methoxy groups -OCH3 is 1. The minimum absolute atomic E-state index is 0.119. The van der Waals surface area contributed by atoms with Crippen LogP contribution in [0.3, 0.4) is 0 Å². The van der Waals surface area contributed by atoms with Gasteiger partial charge in [-0.3, -0.25) is 0 Å². The summed E-state index contributed by atoms with van der Waals surface area (Å²) in [5.74, 6) is 0. The lowest BCUT2D eigenvalue weighted by Gasteiger charge is -2.40. The summed E-state index contributed by atoms with van der Waals surface area (Å²) in [4.78, 5) is 3.87. The second-order valence-corrected chi connectivity index (χ2v) is 6.53. The van der Waals surface area contributed by atoms with Gasteiger partial charge >= 0.3 is 0 Å². The molecule has 0 spiro atoms. The average molecular weight is 291 g/mol. The van der Waals surface area contributed by atoms with E-state index in [2.05, 4.69) is 9.71 Å². The number of halogens is 1. The van der Waals surface area contributed by atoms with Crippen LogP contribution in [0.1, 0.15) is 19.3 Å². The fourth-order valence-electron chi connectivity index (χ4n) is 1.89. The van der Waals surface area contributed by atoms with Gasteiger partial charge in [-0.05, 0) is 31.4 Å². The van der Waals surface area contributed by atoms with Crippen LogP contribution in [0.4, 0.5) is 0 Å². The third kappa shape index (κ3) is 2.83. The van der Waals surface area contributed by atoms with Crippen LogP contribution in [0, 0.1) is 0 Å². The van der Waals surface area contributed by atoms with Gasteiger partial charge in [-0.25, -0.2) is 18.1 Å². The summed E-state index contributed by atoms with van der Waals surface area (Å²) in [5, 5.41) is 0.156. The Balaban J connectivity index is 2.08. The number of sulfonamides is 1. The van der Waals surface area contributed by atoms with Crippen LogP contribution < -0.4 is 4.72 Å². The molecule has 0 aromatic carbocycles. The molecule has 0 unspecified atom stereocenters. The third-order valence-electron chi connectivity index (χ3n) is 3.29. The molecule has 1 aromatic heterocycles. The first-order valence-electron chi connectivity index (χ1n) is 5.64. The maximum absolute atomic E-state index is 12.0. The van der Waals surface area contributed by atoms with Crippen molar-refractivity contribution in [2.75, 3.05) is 13.7 Å². The Kier molecular flexibility index (Phi) is 3.91. The molecule has 1 aliphatic carbocycles. The molecule has 0 bridgehead atoms. The molecule has 1 N–H and O–H groups in total. The smallest absolute Gasteiger partial charge is 0.240 e. The Morgan fingerprint density at radius 1 is 1.56 bits per heavy atom. The van der Waals surface area contributed by atoms with Gasteiger partial charge in [0.2, 0.25) is 10.0 Å². The van der Waals surface area contributed by atoms with E-state index in [-0.39, 0.29) is 22.2 Å². The fraction of sp³-hybridized carbons (Fsp3) is 0.545. The SMILES string of the molecule is COC1(CNS(=O)(=O)c2ccnc(Cl)c2)CCC1. The molecule has 7 heteroatoms. The fourth-order valence-corrected chi connectivity index (χ4v) is 3.25. The molecule has 0 saturated heterocycles. The summed E-state index contributed by atoms with van der Waals surface area (Å²) in [6, 6.07) is 2.73. The Bertz CT molecular complexity index is 523. The van der Waals surface area contributed by atoms with Crippen LogP contribution >= 0.6 is 11.6 Å². The predicted octanol–water partition coefficient (Wildman–Crippen LogP) is 1.58. The molecule has 1 aliphatic rings. The van der Waals surface area contributed by atoms with E-state index >= 15 is 0 Å². The van der Waals surface area contributed by atoms with Gasteiger partial charge in [0.25, 0.3) is 0 Å². The van der Waals surface area contributed by atoms with E-state index in [0.717, 1.165) is 19.3 Å². The third-order valence-corrected chi connectivity index (χ3v) is 4.90. The van der Waals surface area contributed by atoms with Gasteiger partial charge in [0, 0.05) is 19.9 Å². The first kappa shape index (κ1) is 13.7. The number of nitrogens with zero attached hydrogens (tertiary/aromatic N) is 1. The van der Waals surface area contributed by atoms with E-state index in [1.807, 2.05) is 0 Å². The van der Waals surface area contributed by atoms with Crippen molar-refractivity contribution < 1.29 is 13.2 Å². The Hall–Kier alpha value is -0.690. The molecule has 1 aromatic rings. The van der Waals surface area contributed by atoms with Crippen LogP contribution in [-0.2, 0) is 14.8 Å². The number of aromatic nitrogens is 1. The molecule has 0 atom stereocenters. The van der Waals surface area contributed by atoms with Crippen LogP contribution in [0.15, 0.2) is 23.2 Å². The molecule has 1 heterocycles. The minimum Gasteiger partial charge on any atom is -0.377 e. The van der Waals surface area contributed by atoms with Gasteiger partial charge in [-0.1, -0.05) is 11.6 Å². The van der Waals surface area contributed by atoms with Gasteiger partial charge in [0.05, 0.1) is 10.5 Å². The summed E-state index contributed by atoms with van der Waals surface area (Å²) in [6.45, 7) is 0.284. The molecule has 5 nitrogen and oxygen atoms in total. The van der Waals surface area contributed by atoms with Gasteiger partial charge in [0.1, 0.15) is 5.15 Å². The zero-order chi connectivity index (χ0) is 13.2. The lowest BCUT2D eigenvalue weighted by molar-refractivity contribution is -0.0659. The number of hydrogen-bond acceptors (Lipinski definition) is 4. The monoisotopic (exact) mass is 290 g/mol. The summed E-state index contributed by atoms with van der Waals surface area (Å²) in [5.41, 5.74) is -0.343. The molecular weight excluding hydrogens is 276 g/mol. The first-order valence-corrected chi connectivity index (χ1v) is 7.50. The highest BCUT2D eigenvalue weighted by atomic mass is 35.5. The van der Waals surface area contributed by atoms with Crippen molar-refractivity contribution in [1.82, 2.24) is 9.71 Å². The number of hydrogen-bond donors (Lipinski definition) is 1. The Morgan fingerprint density at radius 3 is 2.78 bits per heavy atom. The quantitative estimate of drug-likeness (QED) is 0.836. The standard InChI is InChI=1S/C11H15ClN2O3S/c1-17-11(4-2-5-11)8-14-18(15,16)9-3-6-13-10(12)7-9/h3,6-7,14H,2,4-5,8H2,1H3. The van der Waals surface area contributed by atoms with Crippen molar-refractivity contribution in [2.45, 2.75) is 29.8 Å². The summed E-state index contributed by atoms with van der Waals surface area (Å²) in [7, 11) is -1.95. The van der Waals surface area contributed by atoms with Gasteiger partial charge < -0.3 is 4.74 Å². The lowest BCUT2D eigenvalue weighted by atomic mass is 9.80. The predicted molar refractivity (Wildman–Crippen MR) is 68.0 cm³/mol. The van der Waals surface area contributed by atoms with Crippen LogP contribution in [0.2, 0.25) is 5.15 Å². The highest BCUT2D eigenvalue weighted by Crippen LogP contribution is 2.34. The van der Waals surface area contributed by atoms with Crippen molar-refractivity contribution in [3.05, 3.63) is 23.5 Å². The van der Waals surface area contributed by atoms with Crippen LogP contribution in [0.5, 0.6) is 0 Å². The second-order valence-electron chi connectivity index (χ2n) is 4.38. The summed E-state index contributed by atoms with van der Waals surface area (Å²) < 4.78 is 32.0. The van der Waals surface area contributed by atoms with E-state index in [1.54, 1.807) is 7.11 Å². The Morgan fingerprint density at radius 2 is 2.28 bits per heavy atom. The maximum atomic E-state index is 12.0. The first-order chi connectivity index (χ1) is 8.47. The van der Waals surface area contributed by atoms with Crippen molar-refractivity contribution in [3.63, 3.8) is 0 Å². The molecule has 1 fully saturated rings. The Labute approximate surface area is 112 Å². The number of pyridine rings is 1. The van der Waals surface area contributed by atoms with Crippen molar-refractivity contribution in [1.29, 1.82) is 0 Å². The molecule has 1 saturated carbocycles. The highest BCUT2D eigenvalue weighted by Gasteiger charge is 2.38. The molecular formula is C11H15ClN2O3S. The van der Waals surface area contributed by atoms with E-state index < -0.39 is 10.0 Å². The van der Waals surface area contributed by atoms with Gasteiger partial charge in [-0.2, -0.15) is 0 Å². The molecule has 2 rings (SSSR count). The summed E-state index contributed by atoms with van der Waals surface area (Å²) in [6.07, 6.45) is 4.19. The maximum Gasteiger partial charge on any atom is 0.240 e. The normalized spacial score (nSPS) is 18.3. The van der Waals surface area contributed by atoms with E-state index in [0.29, 0.717) is 0 Å². The average Bonchev–Trinajstić information content (AvgIpc) is 2.28. The molecule has 0 aliphatic heterocycles. The molecule has 100 valence electrons. The van der Waals surface area contributed by atoms with Gasteiger partial charge in [-0.15, -0.1) is 0 Å². The number of ether oxygens (including phenoxy) is 1. The lowest BCUT2D eigenvalue weighted by Crippen LogP contribution is -2.49. The van der Waals surface area contributed by atoms with E-state index in [4.69, 9.17) is 16.3 Å². The van der Waals surface area contributed by atoms with Crippen molar-refractivity contribution in [3.8, 4) is 0 Å². The molecule has 18 heavy (non-hydrogen) atoms. The topological polar surface area (TPSA) is 68.3 Å². The van der Waals surface area contributed by atoms with Crippen LogP contribution in [0.25, 0.3) is 0 Å². The van der Waals surface area contributed by atoms with E-state index in [9.17, 15) is 8.42 Å². The van der Waals surface area contributed by atoms with Gasteiger partial charge in [0.15, 0.2) is 0 Å². The minimum atomic E-state index is -3.56. The van der Waals surface area contributed by atoms with E-state index in [1.165, 1.54) is 18.3 Å². The summed E-state index contributed by atoms with van der Waals surface area (Å²) >= 11 is 5.68. The van der Waals surface area contributed by atoms with Crippen LogP contribution in [-0.4, -0.2) is 32.7 Å².